The quantitative estimate of drug-likeness (QED) is 0.127. The van der Waals surface area contributed by atoms with Gasteiger partial charge in [-0.25, -0.2) is 4.98 Å². The van der Waals surface area contributed by atoms with Crippen LogP contribution in [-0.4, -0.2) is 14.1 Å². The van der Waals surface area contributed by atoms with E-state index in [1.165, 1.54) is 15.7 Å². The number of rotatable bonds is 5. The van der Waals surface area contributed by atoms with Gasteiger partial charge < -0.3 is 13.9 Å². The number of para-hydroxylation sites is 1. The van der Waals surface area contributed by atoms with Crippen molar-refractivity contribution in [1.29, 1.82) is 0 Å². The topological polar surface area (TPSA) is 35.9 Å². The molecule has 0 N–H and O–H groups in total. The van der Waals surface area contributed by atoms with E-state index in [2.05, 4.69) is 89.7 Å². The Labute approximate surface area is 510 Å². The second-order valence-corrected chi connectivity index (χ2v) is 23.9. The first-order valence-corrected chi connectivity index (χ1v) is 27.1. The smallest absolute Gasteiger partial charge is 0.268 e. The molecule has 12 aromatic rings. The summed E-state index contributed by atoms with van der Waals surface area (Å²) >= 11 is 0. The number of benzene rings is 9. The maximum atomic E-state index is 9.66. The molecule has 3 aromatic heterocycles. The normalized spacial score (nSPS) is 18.0. The van der Waals surface area contributed by atoms with Crippen LogP contribution in [0.2, 0.25) is 0 Å². The van der Waals surface area contributed by atoms with E-state index in [-0.39, 0.29) is 93.3 Å². The Morgan fingerprint density at radius 2 is 1.25 bits per heavy atom. The van der Waals surface area contributed by atoms with Crippen LogP contribution in [0.5, 0.6) is 11.5 Å². The van der Waals surface area contributed by atoms with Gasteiger partial charge in [-0.15, -0.1) is 29.7 Å². The predicted molar refractivity (Wildman–Crippen MR) is 327 cm³/mol. The van der Waals surface area contributed by atoms with Crippen LogP contribution >= 0.6 is 0 Å². The van der Waals surface area contributed by atoms with Gasteiger partial charge >= 0.3 is 0 Å². The predicted octanol–water partition coefficient (Wildman–Crippen LogP) is 18.5. The first kappa shape index (κ1) is 37.0. The van der Waals surface area contributed by atoms with E-state index in [4.69, 9.17) is 16.6 Å². The van der Waals surface area contributed by atoms with Gasteiger partial charge in [0.25, 0.3) is 6.33 Å². The summed E-state index contributed by atoms with van der Waals surface area (Å²) in [4.78, 5) is 5.00. The van der Waals surface area contributed by atoms with Crippen molar-refractivity contribution in [1.82, 2.24) is 14.1 Å². The van der Waals surface area contributed by atoms with Crippen LogP contribution < -0.4 is 9.30 Å². The number of hydrogen-bond donors (Lipinski definition) is 0. The van der Waals surface area contributed by atoms with Crippen molar-refractivity contribution in [3.8, 4) is 84.3 Å². The third-order valence-electron chi connectivity index (χ3n) is 17.1. The van der Waals surface area contributed by atoms with Crippen molar-refractivity contribution in [2.75, 3.05) is 0 Å². The molecule has 5 nitrogen and oxygen atoms in total. The van der Waals surface area contributed by atoms with E-state index < -0.39 is 79.1 Å². The molecule has 0 saturated carbocycles. The fraction of sp³-hybridized carbons (Fsp3) is 0.200. The molecule has 400 valence electrons. The largest absolute Gasteiger partial charge is 0.510 e. The molecule has 0 amide bonds. The number of imidazole rings is 1. The van der Waals surface area contributed by atoms with Crippen LogP contribution in [-0.2, 0) is 42.7 Å². The Morgan fingerprint density at radius 1 is 0.605 bits per heavy atom. The molecule has 1 aliphatic heterocycles. The summed E-state index contributed by atoms with van der Waals surface area (Å²) in [7, 11) is 0. The first-order chi connectivity index (χ1) is 44.8. The third-order valence-corrected chi connectivity index (χ3v) is 17.1. The zero-order valence-corrected chi connectivity index (χ0v) is 47.9. The standard InChI is InChI=1S/C75H62N4O.Pt/c1-72(2,3)47-35-38-76-67(39-47)79-65-41-50(33-34-57(65)59-43-63-64(44-66(59)79)74(6,7)37-36-73(63,4)5)80-49-24-19-23-48(40-49)77-45-78-69-51(46-21-11-10-12-22-46)30-20-31-58(69)54-27-15-13-25-52(54)53-26-14-16-28-55(53)61-42-60-56-29-17-18-32-62(56)75(8,9)68(60)71(77)70(61)78;/h10-35,38-39,42-44H,36-37H2,1-9H3;/q-2;/i8D3,9D3,10D,11D,12D,17D,18D,21D,22D,29D,32D;. The van der Waals surface area contributed by atoms with Gasteiger partial charge in [-0.3, -0.25) is 4.57 Å². The monoisotopic (exact) mass is 1240 g/mol. The minimum absolute atomic E-state index is 0. The van der Waals surface area contributed by atoms with Crippen LogP contribution in [0.15, 0.2) is 188 Å². The van der Waals surface area contributed by atoms with Crippen molar-refractivity contribution >= 4 is 32.8 Å². The van der Waals surface area contributed by atoms with Crippen LogP contribution in [0.25, 0.3) is 106 Å². The summed E-state index contributed by atoms with van der Waals surface area (Å²) in [5.41, 5.74) is 4.10. The molecule has 2 aliphatic carbocycles. The zero-order valence-electron chi connectivity index (χ0n) is 60.6. The van der Waals surface area contributed by atoms with Crippen molar-refractivity contribution in [2.24, 2.45) is 0 Å². The minimum Gasteiger partial charge on any atom is -0.510 e. The van der Waals surface area contributed by atoms with E-state index >= 15 is 0 Å². The molecule has 0 unspecified atom stereocenters. The fourth-order valence-corrected chi connectivity index (χ4v) is 12.9. The number of pyridine rings is 1. The van der Waals surface area contributed by atoms with Crippen LogP contribution in [0.4, 0.5) is 0 Å². The molecule has 0 spiro atoms. The third kappa shape index (κ3) is 7.75. The molecular weight excluding hydrogens is 1170 g/mol. The molecule has 0 radical (unpaired) electrons. The van der Waals surface area contributed by atoms with E-state index in [0.717, 1.165) is 34.7 Å². The summed E-state index contributed by atoms with van der Waals surface area (Å²) < 4.78 is 153. The van der Waals surface area contributed by atoms with Gasteiger partial charge in [0.15, 0.2) is 0 Å². The SMILES string of the molecule is [2H]c1c([2H])c([2H])c(-c2cccc3c2-[n+]2[c-]n(-c4[c-]c(Oc5[c-]c6c(cc5)c5cc7c(cc5n6-c5cc(C(C)(C)C)ccn5)C(C)(C)CCC7(C)C)ccc4)c4c5c(cc(c42)-c2ccccc2-c2ccccc2-3)-c2c([2H])c([2H])c([2H])c([2H])c2C5(C([2H])([2H])[2H])C([2H])([2H])[2H])c([2H])c1[2H].[Pt]. The Hall–Kier alpha value is -8.11. The molecule has 9 aromatic carbocycles. The summed E-state index contributed by atoms with van der Waals surface area (Å²) in [6, 6.07) is 40.7. The number of hydrogen-bond acceptors (Lipinski definition) is 2. The molecular formula is C75H62N4OPt-2. The number of nitrogens with zero attached hydrogens (tertiary/aromatic N) is 4. The van der Waals surface area contributed by atoms with Gasteiger partial charge in [0.05, 0.1) is 29.1 Å². The second kappa shape index (κ2) is 18.2. The zero-order chi connectivity index (χ0) is 67.4. The van der Waals surface area contributed by atoms with Crippen LogP contribution in [0.3, 0.4) is 0 Å². The van der Waals surface area contributed by atoms with Gasteiger partial charge in [-0.2, -0.15) is 18.2 Å². The summed E-state index contributed by atoms with van der Waals surface area (Å²) in [6.45, 7) is 8.55. The summed E-state index contributed by atoms with van der Waals surface area (Å²) in [5.74, 6) is 1.14. The van der Waals surface area contributed by atoms with Crippen molar-refractivity contribution in [3.05, 3.63) is 234 Å². The van der Waals surface area contributed by atoms with E-state index in [1.807, 2.05) is 79.0 Å². The fourth-order valence-electron chi connectivity index (χ4n) is 12.9. The van der Waals surface area contributed by atoms with Crippen LogP contribution in [0.1, 0.15) is 123 Å². The Balaban J connectivity index is 0.00000792. The molecule has 0 bridgehead atoms. The Bertz CT molecular complexity index is 5340. The van der Waals surface area contributed by atoms with Crippen molar-refractivity contribution < 1.29 is 50.9 Å². The van der Waals surface area contributed by atoms with Crippen molar-refractivity contribution in [3.63, 3.8) is 0 Å². The van der Waals surface area contributed by atoms with E-state index in [1.54, 1.807) is 41.0 Å². The molecule has 6 heteroatoms. The molecule has 0 saturated heterocycles. The second-order valence-electron chi connectivity index (χ2n) is 23.9. The minimum atomic E-state index is -3.58. The Kier molecular flexibility index (Phi) is 8.32. The van der Waals surface area contributed by atoms with Crippen LogP contribution in [0, 0.1) is 18.5 Å². The molecule has 3 aliphatic rings. The number of ether oxygens (including phenoxy) is 1. The molecule has 0 fully saturated rings. The summed E-state index contributed by atoms with van der Waals surface area (Å²) in [5, 5.41) is 1.95. The van der Waals surface area contributed by atoms with Gasteiger partial charge in [-0.1, -0.05) is 201 Å². The Morgan fingerprint density at radius 3 is 1.98 bits per heavy atom. The molecule has 0 atom stereocenters. The number of aromatic nitrogens is 4. The average molecular weight is 1250 g/mol. The number of fused-ring (bicyclic) bond motifs is 15. The van der Waals surface area contributed by atoms with Gasteiger partial charge in [0.1, 0.15) is 5.82 Å². The maximum Gasteiger partial charge on any atom is 0.268 e. The average Bonchev–Trinajstić information content (AvgIpc) is 1.48. The van der Waals surface area contributed by atoms with E-state index in [0.29, 0.717) is 50.5 Å². The van der Waals surface area contributed by atoms with Gasteiger partial charge in [0.2, 0.25) is 0 Å². The molecule has 15 rings (SSSR count). The molecule has 4 heterocycles. The maximum absolute atomic E-state index is 9.66. The van der Waals surface area contributed by atoms with Gasteiger partial charge in [0, 0.05) is 57.9 Å². The van der Waals surface area contributed by atoms with Crippen molar-refractivity contribution in [2.45, 2.75) is 96.7 Å². The summed E-state index contributed by atoms with van der Waals surface area (Å²) in [6.07, 6.45) is 7.42. The van der Waals surface area contributed by atoms with Gasteiger partial charge in [-0.05, 0) is 142 Å². The first-order valence-electron chi connectivity index (χ1n) is 34.6. The molecule has 81 heavy (non-hydrogen) atoms. The van der Waals surface area contributed by atoms with E-state index in [9.17, 15) is 13.7 Å².